The molecule has 17 heavy (non-hydrogen) atoms. The molecule has 1 unspecified atom stereocenters. The largest absolute Gasteiger partial charge is 0.464 e. The van der Waals surface area contributed by atoms with Gasteiger partial charge in [0.05, 0.1) is 13.7 Å². The highest BCUT2D eigenvalue weighted by Gasteiger charge is 2.08. The molecule has 1 rings (SSSR count). The standard InChI is InChI=1S/C11H17N3O3/c1-8(7-16-2)6-12-10-5-4-9(13-14-10)11(15)17-3/h4-5,8H,6-7H2,1-3H3,(H,12,14). The Kier molecular flexibility index (Phi) is 5.35. The van der Waals surface area contributed by atoms with Gasteiger partial charge in [-0.05, 0) is 18.1 Å². The number of nitrogens with one attached hydrogen (secondary N) is 1. The molecule has 0 spiro atoms. The summed E-state index contributed by atoms with van der Waals surface area (Å²) in [6.45, 7) is 3.48. The molecular weight excluding hydrogens is 222 g/mol. The minimum absolute atomic E-state index is 0.197. The lowest BCUT2D eigenvalue weighted by molar-refractivity contribution is 0.0593. The van der Waals surface area contributed by atoms with Crippen LogP contribution in [0.25, 0.3) is 0 Å². The van der Waals surface area contributed by atoms with Crippen molar-refractivity contribution in [2.45, 2.75) is 6.92 Å². The Morgan fingerprint density at radius 2 is 2.18 bits per heavy atom. The molecule has 0 saturated carbocycles. The Bertz CT molecular complexity index is 353. The molecule has 6 heteroatoms. The van der Waals surface area contributed by atoms with E-state index in [2.05, 4.69) is 27.2 Å². The average Bonchev–Trinajstić information content (AvgIpc) is 2.36. The van der Waals surface area contributed by atoms with Crippen LogP contribution < -0.4 is 5.32 Å². The topological polar surface area (TPSA) is 73.3 Å². The first-order valence-corrected chi connectivity index (χ1v) is 5.32. The quantitative estimate of drug-likeness (QED) is 0.745. The van der Waals surface area contributed by atoms with Crippen molar-refractivity contribution < 1.29 is 14.3 Å². The molecule has 1 N–H and O–H groups in total. The summed E-state index contributed by atoms with van der Waals surface area (Å²) in [4.78, 5) is 11.1. The molecule has 94 valence electrons. The summed E-state index contributed by atoms with van der Waals surface area (Å²) in [5.74, 6) is 0.513. The van der Waals surface area contributed by atoms with Gasteiger partial charge in [-0.15, -0.1) is 10.2 Å². The summed E-state index contributed by atoms with van der Waals surface area (Å²) < 4.78 is 9.55. The second kappa shape index (κ2) is 6.80. The maximum absolute atomic E-state index is 11.1. The normalized spacial score (nSPS) is 11.9. The van der Waals surface area contributed by atoms with Crippen LogP contribution in [0.4, 0.5) is 5.82 Å². The van der Waals surface area contributed by atoms with Crippen LogP contribution in [0, 0.1) is 5.92 Å². The van der Waals surface area contributed by atoms with E-state index in [0.717, 1.165) is 6.54 Å². The number of rotatable bonds is 6. The number of aromatic nitrogens is 2. The Morgan fingerprint density at radius 1 is 1.41 bits per heavy atom. The second-order valence-corrected chi connectivity index (χ2v) is 3.74. The van der Waals surface area contributed by atoms with Gasteiger partial charge in [-0.2, -0.15) is 0 Å². The number of carbonyl (C=O) groups excluding carboxylic acids is 1. The van der Waals surface area contributed by atoms with E-state index in [4.69, 9.17) is 4.74 Å². The zero-order valence-corrected chi connectivity index (χ0v) is 10.3. The van der Waals surface area contributed by atoms with E-state index in [1.807, 2.05) is 0 Å². The lowest BCUT2D eigenvalue weighted by atomic mass is 10.2. The first kappa shape index (κ1) is 13.4. The molecule has 0 radical (unpaired) electrons. The summed E-state index contributed by atoms with van der Waals surface area (Å²) >= 11 is 0. The molecule has 0 amide bonds. The molecule has 1 atom stereocenters. The second-order valence-electron chi connectivity index (χ2n) is 3.74. The van der Waals surface area contributed by atoms with Crippen LogP contribution in [-0.2, 0) is 9.47 Å². The molecular formula is C11H17N3O3. The Labute approximate surface area is 100 Å². The van der Waals surface area contributed by atoms with Crippen LogP contribution in [-0.4, -0.2) is 43.5 Å². The molecule has 0 aromatic carbocycles. The fraction of sp³-hybridized carbons (Fsp3) is 0.545. The third-order valence-electron chi connectivity index (χ3n) is 2.14. The van der Waals surface area contributed by atoms with Gasteiger partial charge in [0.2, 0.25) is 0 Å². The number of hydrogen-bond acceptors (Lipinski definition) is 6. The van der Waals surface area contributed by atoms with Gasteiger partial charge >= 0.3 is 5.97 Å². The predicted octanol–water partition coefficient (Wildman–Crippen LogP) is 0.958. The minimum atomic E-state index is -0.489. The number of anilines is 1. The van der Waals surface area contributed by atoms with Crippen LogP contribution in [0.15, 0.2) is 12.1 Å². The highest BCUT2D eigenvalue weighted by atomic mass is 16.5. The summed E-state index contributed by atoms with van der Waals surface area (Å²) in [5, 5.41) is 10.7. The van der Waals surface area contributed by atoms with Crippen molar-refractivity contribution in [1.29, 1.82) is 0 Å². The van der Waals surface area contributed by atoms with Crippen molar-refractivity contribution in [1.82, 2.24) is 10.2 Å². The monoisotopic (exact) mass is 239 g/mol. The fourth-order valence-corrected chi connectivity index (χ4v) is 1.26. The minimum Gasteiger partial charge on any atom is -0.464 e. The van der Waals surface area contributed by atoms with Crippen molar-refractivity contribution in [3.05, 3.63) is 17.8 Å². The smallest absolute Gasteiger partial charge is 0.358 e. The third kappa shape index (κ3) is 4.36. The fourth-order valence-electron chi connectivity index (χ4n) is 1.26. The maximum Gasteiger partial charge on any atom is 0.358 e. The van der Waals surface area contributed by atoms with Crippen molar-refractivity contribution >= 4 is 11.8 Å². The molecule has 1 heterocycles. The Morgan fingerprint density at radius 3 is 2.71 bits per heavy atom. The van der Waals surface area contributed by atoms with E-state index in [9.17, 15) is 4.79 Å². The molecule has 1 aromatic heterocycles. The van der Waals surface area contributed by atoms with Crippen molar-refractivity contribution in [2.75, 3.05) is 32.7 Å². The van der Waals surface area contributed by atoms with Gasteiger partial charge in [0.15, 0.2) is 5.69 Å². The number of hydrogen-bond donors (Lipinski definition) is 1. The summed E-state index contributed by atoms with van der Waals surface area (Å²) in [6.07, 6.45) is 0. The first-order chi connectivity index (χ1) is 8.17. The van der Waals surface area contributed by atoms with Crippen LogP contribution in [0.5, 0.6) is 0 Å². The van der Waals surface area contributed by atoms with Crippen LogP contribution in [0.1, 0.15) is 17.4 Å². The highest BCUT2D eigenvalue weighted by molar-refractivity contribution is 5.86. The summed E-state index contributed by atoms with van der Waals surface area (Å²) in [7, 11) is 2.98. The number of esters is 1. The first-order valence-electron chi connectivity index (χ1n) is 5.32. The molecule has 0 aliphatic rings. The SMILES string of the molecule is COCC(C)CNc1ccc(C(=O)OC)nn1. The van der Waals surface area contributed by atoms with Crippen LogP contribution in [0.2, 0.25) is 0 Å². The van der Waals surface area contributed by atoms with Gasteiger partial charge in [0.1, 0.15) is 5.82 Å². The molecule has 6 nitrogen and oxygen atoms in total. The molecule has 1 aromatic rings. The van der Waals surface area contributed by atoms with E-state index in [0.29, 0.717) is 18.3 Å². The van der Waals surface area contributed by atoms with Gasteiger partial charge in [-0.3, -0.25) is 0 Å². The van der Waals surface area contributed by atoms with E-state index < -0.39 is 5.97 Å². The molecule has 0 aliphatic heterocycles. The maximum atomic E-state index is 11.1. The van der Waals surface area contributed by atoms with Crippen molar-refractivity contribution in [3.8, 4) is 0 Å². The number of ether oxygens (including phenoxy) is 2. The Hall–Kier alpha value is -1.69. The van der Waals surface area contributed by atoms with Gasteiger partial charge in [0.25, 0.3) is 0 Å². The zero-order chi connectivity index (χ0) is 12.7. The van der Waals surface area contributed by atoms with Crippen molar-refractivity contribution in [2.24, 2.45) is 5.92 Å². The summed E-state index contributed by atoms with van der Waals surface area (Å²) in [6, 6.07) is 3.26. The van der Waals surface area contributed by atoms with Gasteiger partial charge in [-0.25, -0.2) is 4.79 Å². The Balaban J connectivity index is 2.48. The molecule has 0 aliphatic carbocycles. The molecule has 0 bridgehead atoms. The number of methoxy groups -OCH3 is 2. The molecule has 0 fully saturated rings. The summed E-state index contributed by atoms with van der Waals surface area (Å²) in [5.41, 5.74) is 0.197. The molecule has 0 saturated heterocycles. The van der Waals surface area contributed by atoms with E-state index in [1.54, 1.807) is 19.2 Å². The van der Waals surface area contributed by atoms with Crippen LogP contribution in [0.3, 0.4) is 0 Å². The van der Waals surface area contributed by atoms with Crippen molar-refractivity contribution in [3.63, 3.8) is 0 Å². The van der Waals surface area contributed by atoms with E-state index in [-0.39, 0.29) is 5.69 Å². The number of nitrogens with zero attached hydrogens (tertiary/aromatic N) is 2. The zero-order valence-electron chi connectivity index (χ0n) is 10.3. The predicted molar refractivity (Wildman–Crippen MR) is 62.9 cm³/mol. The van der Waals surface area contributed by atoms with E-state index >= 15 is 0 Å². The lowest BCUT2D eigenvalue weighted by Crippen LogP contribution is -2.17. The van der Waals surface area contributed by atoms with E-state index in [1.165, 1.54) is 7.11 Å². The third-order valence-corrected chi connectivity index (χ3v) is 2.14. The van der Waals surface area contributed by atoms with Gasteiger partial charge < -0.3 is 14.8 Å². The highest BCUT2D eigenvalue weighted by Crippen LogP contribution is 2.04. The lowest BCUT2D eigenvalue weighted by Gasteiger charge is -2.11. The number of carbonyl (C=O) groups is 1. The van der Waals surface area contributed by atoms with Crippen LogP contribution >= 0.6 is 0 Å². The average molecular weight is 239 g/mol. The van der Waals surface area contributed by atoms with Gasteiger partial charge in [0, 0.05) is 13.7 Å². The van der Waals surface area contributed by atoms with Gasteiger partial charge in [-0.1, -0.05) is 6.92 Å².